The van der Waals surface area contributed by atoms with Crippen LogP contribution < -0.4 is 24.8 Å². The van der Waals surface area contributed by atoms with Crippen LogP contribution in [0.3, 0.4) is 0 Å². The van der Waals surface area contributed by atoms with Gasteiger partial charge in [0.25, 0.3) is 5.91 Å². The molecule has 7 atom stereocenters. The number of hydrogen-bond donors (Lipinski definition) is 3. The third kappa shape index (κ3) is 8.20. The number of aromatic nitrogens is 1. The number of amides is 4. The Hall–Kier alpha value is -4.70. The smallest absolute Gasteiger partial charge is 0.408 e. The van der Waals surface area contributed by atoms with Crippen molar-refractivity contribution < 1.29 is 46.5 Å². The summed E-state index contributed by atoms with van der Waals surface area (Å²) in [6, 6.07) is 5.46. The first-order valence-electron chi connectivity index (χ1n) is 20.2. The Morgan fingerprint density at radius 1 is 1.05 bits per heavy atom. The number of nitrogens with one attached hydrogen (secondary N) is 3. The highest BCUT2D eigenvalue weighted by atomic mass is 32.2. The fourth-order valence-corrected chi connectivity index (χ4v) is 10.2. The Morgan fingerprint density at radius 2 is 1.84 bits per heavy atom. The molecule has 5 fully saturated rings. The fourth-order valence-electron chi connectivity index (χ4n) is 8.87. The molecule has 6 aliphatic rings. The highest BCUT2D eigenvalue weighted by molar-refractivity contribution is 7.91. The molecule has 57 heavy (non-hydrogen) atoms. The molecular formula is C41H51N5O10S. The van der Waals surface area contributed by atoms with Crippen molar-refractivity contribution in [1.29, 1.82) is 0 Å². The van der Waals surface area contributed by atoms with E-state index in [1.165, 1.54) is 11.0 Å². The lowest BCUT2D eigenvalue weighted by Crippen LogP contribution is -2.59. The van der Waals surface area contributed by atoms with Gasteiger partial charge in [0, 0.05) is 35.3 Å². The van der Waals surface area contributed by atoms with E-state index in [2.05, 4.69) is 21.9 Å². The molecule has 0 spiro atoms. The monoisotopic (exact) mass is 805 g/mol. The summed E-state index contributed by atoms with van der Waals surface area (Å²) < 4.78 is 51.5. The molecule has 1 aromatic heterocycles. The maximum atomic E-state index is 14.8. The second-order valence-corrected chi connectivity index (χ2v) is 18.3. The van der Waals surface area contributed by atoms with Crippen LogP contribution >= 0.6 is 0 Å². The van der Waals surface area contributed by atoms with E-state index >= 15 is 0 Å². The SMILES string of the molecule is C=C[C@H]1C[C@]1(NC(=O)[C@@H]1C[C@@H]2CN1C(=O)[C@H](C1CCCC1)NC(=O)O[C@@H]1COC[C@H]1CCC/C=C/c1cc3ccc(OC)cc3nc1O2)C(=O)NS(=O)(=O)C1CC1. The van der Waals surface area contributed by atoms with Crippen LogP contribution in [-0.4, -0.2) is 104 Å². The minimum Gasteiger partial charge on any atom is -0.497 e. The molecule has 4 amide bonds. The molecule has 16 heteroatoms. The van der Waals surface area contributed by atoms with Gasteiger partial charge in [-0.2, -0.15) is 0 Å². The van der Waals surface area contributed by atoms with Gasteiger partial charge in [0.2, 0.25) is 27.7 Å². The molecule has 1 aromatic carbocycles. The lowest BCUT2D eigenvalue weighted by atomic mass is 9.96. The summed E-state index contributed by atoms with van der Waals surface area (Å²) in [5, 5.41) is 5.97. The Morgan fingerprint density at radius 3 is 2.58 bits per heavy atom. The lowest BCUT2D eigenvalue weighted by Gasteiger charge is -2.32. The number of rotatable bonds is 8. The number of ether oxygens (including phenoxy) is 4. The van der Waals surface area contributed by atoms with Crippen molar-refractivity contribution in [2.45, 2.75) is 106 Å². The molecule has 306 valence electrons. The van der Waals surface area contributed by atoms with Crippen LogP contribution in [0.2, 0.25) is 0 Å². The molecule has 0 radical (unpaired) electrons. The number of pyridine rings is 1. The predicted octanol–water partition coefficient (Wildman–Crippen LogP) is 3.76. The Balaban J connectivity index is 1.14. The molecule has 15 nitrogen and oxygen atoms in total. The summed E-state index contributed by atoms with van der Waals surface area (Å²) in [5.74, 6) is -1.70. The minimum atomic E-state index is -3.91. The molecule has 3 aliphatic heterocycles. The molecule has 2 aromatic rings. The number of fused-ring (bicyclic) bond motifs is 5. The Bertz CT molecular complexity index is 2070. The van der Waals surface area contributed by atoms with E-state index in [1.807, 2.05) is 36.4 Å². The second-order valence-electron chi connectivity index (χ2n) is 16.3. The molecular weight excluding hydrogens is 755 g/mol. The van der Waals surface area contributed by atoms with Crippen LogP contribution in [0.25, 0.3) is 17.0 Å². The summed E-state index contributed by atoms with van der Waals surface area (Å²) in [6.07, 6.45) is 10.3. The van der Waals surface area contributed by atoms with Crippen molar-refractivity contribution in [2.24, 2.45) is 17.8 Å². The number of benzene rings is 1. The molecule has 0 unspecified atom stereocenters. The topological polar surface area (TPSA) is 192 Å². The molecule has 2 saturated heterocycles. The van der Waals surface area contributed by atoms with Gasteiger partial charge in [0.15, 0.2) is 0 Å². The minimum absolute atomic E-state index is 0.00195. The van der Waals surface area contributed by atoms with E-state index < -0.39 is 74.8 Å². The van der Waals surface area contributed by atoms with Crippen LogP contribution in [0.15, 0.2) is 43.0 Å². The highest BCUT2D eigenvalue weighted by Gasteiger charge is 2.62. The van der Waals surface area contributed by atoms with E-state index in [0.717, 1.165) is 43.1 Å². The van der Waals surface area contributed by atoms with Gasteiger partial charge >= 0.3 is 6.09 Å². The fraction of sp³-hybridized carbons (Fsp3) is 0.585. The number of carbonyl (C=O) groups excluding carboxylic acids is 4. The molecule has 3 saturated carbocycles. The van der Waals surface area contributed by atoms with Gasteiger partial charge in [-0.25, -0.2) is 18.2 Å². The zero-order chi connectivity index (χ0) is 39.9. The van der Waals surface area contributed by atoms with Gasteiger partial charge in [-0.1, -0.05) is 31.1 Å². The first-order chi connectivity index (χ1) is 27.5. The molecule has 3 N–H and O–H groups in total. The van der Waals surface area contributed by atoms with Gasteiger partial charge in [-0.15, -0.1) is 6.58 Å². The highest BCUT2D eigenvalue weighted by Crippen LogP contribution is 2.46. The standard InChI is InChI=1S/C41H51N5O10S/c1-3-28-20-41(28,39(49)45-57(51,52)31-15-16-31)44-36(47)33-19-30-21-46(33)38(48)35(24-9-7-8-10-24)43-40(50)56-34-23-54-22-27(34)12-6-4-5-11-26-17-25-13-14-29(53-2)18-32(25)42-37(26)55-30/h3,5,11,13-14,17-18,24,27-28,30-31,33-35H,1,4,6-10,12,15-16,19-23H2,2H3,(H,43,50)(H,44,47)(H,45,49)/b11-5+/t27-,28+,30-,33+,34-,35+,41-/m1/s1. The van der Waals surface area contributed by atoms with Crippen LogP contribution in [0.1, 0.15) is 76.2 Å². The summed E-state index contributed by atoms with van der Waals surface area (Å²) in [7, 11) is -2.33. The van der Waals surface area contributed by atoms with Crippen LogP contribution in [0, 0.1) is 17.8 Å². The van der Waals surface area contributed by atoms with Crippen LogP contribution in [0.5, 0.6) is 11.6 Å². The van der Waals surface area contributed by atoms with Gasteiger partial charge in [-0.05, 0) is 75.5 Å². The summed E-state index contributed by atoms with van der Waals surface area (Å²) in [5.41, 5.74) is -0.191. The van der Waals surface area contributed by atoms with E-state index in [-0.39, 0.29) is 37.8 Å². The maximum Gasteiger partial charge on any atom is 0.408 e. The predicted molar refractivity (Wildman–Crippen MR) is 208 cm³/mol. The van der Waals surface area contributed by atoms with Crippen molar-refractivity contribution >= 4 is 50.8 Å². The molecule has 8 rings (SSSR count). The van der Waals surface area contributed by atoms with Gasteiger partial charge in [0.05, 0.1) is 37.6 Å². The van der Waals surface area contributed by atoms with Gasteiger partial charge in [0.1, 0.15) is 35.6 Å². The number of alkyl carbamates (subject to hydrolysis) is 1. The zero-order valence-electron chi connectivity index (χ0n) is 32.2. The first-order valence-corrected chi connectivity index (χ1v) is 21.7. The average molecular weight is 806 g/mol. The molecule has 3 aliphatic carbocycles. The van der Waals surface area contributed by atoms with Gasteiger partial charge < -0.3 is 34.5 Å². The summed E-state index contributed by atoms with van der Waals surface area (Å²) >= 11 is 0. The average Bonchev–Trinajstić information content (AvgIpc) is 3.98. The van der Waals surface area contributed by atoms with Crippen molar-refractivity contribution in [2.75, 3.05) is 26.9 Å². The van der Waals surface area contributed by atoms with Crippen molar-refractivity contribution in [1.82, 2.24) is 25.2 Å². The molecule has 4 heterocycles. The number of methoxy groups -OCH3 is 1. The van der Waals surface area contributed by atoms with Crippen molar-refractivity contribution in [3.63, 3.8) is 0 Å². The number of sulfonamides is 1. The normalized spacial score (nSPS) is 31.4. The van der Waals surface area contributed by atoms with Crippen molar-refractivity contribution in [3.05, 3.63) is 48.6 Å². The molecule has 2 bridgehead atoms. The third-order valence-corrected chi connectivity index (χ3v) is 14.3. The van der Waals surface area contributed by atoms with E-state index in [0.29, 0.717) is 49.4 Å². The van der Waals surface area contributed by atoms with Crippen LogP contribution in [0.4, 0.5) is 4.79 Å². The van der Waals surface area contributed by atoms with Gasteiger partial charge in [-0.3, -0.25) is 19.1 Å². The Kier molecular flexibility index (Phi) is 10.9. The maximum absolute atomic E-state index is 14.8. The number of hydrogen-bond acceptors (Lipinski definition) is 11. The number of carbonyl (C=O) groups is 4. The zero-order valence-corrected chi connectivity index (χ0v) is 33.0. The van der Waals surface area contributed by atoms with Crippen LogP contribution in [-0.2, 0) is 33.9 Å². The second kappa shape index (κ2) is 15.9. The first kappa shape index (κ1) is 39.1. The summed E-state index contributed by atoms with van der Waals surface area (Å²) in [4.78, 5) is 62.8. The quantitative estimate of drug-likeness (QED) is 0.330. The van der Waals surface area contributed by atoms with E-state index in [1.54, 1.807) is 7.11 Å². The number of nitrogens with zero attached hydrogens (tertiary/aromatic N) is 2. The lowest BCUT2D eigenvalue weighted by molar-refractivity contribution is -0.142. The van der Waals surface area contributed by atoms with E-state index in [4.69, 9.17) is 23.9 Å². The van der Waals surface area contributed by atoms with E-state index in [9.17, 15) is 27.6 Å². The third-order valence-electron chi connectivity index (χ3n) is 12.4. The largest absolute Gasteiger partial charge is 0.497 e. The number of allylic oxidation sites excluding steroid dienone is 1. The van der Waals surface area contributed by atoms with Crippen molar-refractivity contribution in [3.8, 4) is 11.6 Å². The Labute approximate surface area is 332 Å². The summed E-state index contributed by atoms with van der Waals surface area (Å²) in [6.45, 7) is 4.52.